The van der Waals surface area contributed by atoms with Crippen molar-refractivity contribution in [2.75, 3.05) is 44.2 Å². The van der Waals surface area contributed by atoms with Crippen LogP contribution in [0.15, 0.2) is 30.3 Å². The van der Waals surface area contributed by atoms with Crippen LogP contribution in [0, 0.1) is 11.3 Å². The molecule has 2 N–H and O–H groups in total. The third-order valence-electron chi connectivity index (χ3n) is 6.22. The number of ether oxygens (including phenoxy) is 1. The molecule has 2 aliphatic rings. The summed E-state index contributed by atoms with van der Waals surface area (Å²) in [5, 5.41) is 21.4. The molecule has 0 saturated carbocycles. The van der Waals surface area contributed by atoms with Crippen LogP contribution in [-0.4, -0.2) is 71.7 Å². The molecular formula is C25H29N5O4. The number of carbonyl (C=O) groups excluding carboxylic acids is 2. The molecular weight excluding hydrogens is 434 g/mol. The van der Waals surface area contributed by atoms with E-state index in [1.165, 1.54) is 4.90 Å². The molecule has 178 valence electrons. The van der Waals surface area contributed by atoms with Crippen molar-refractivity contribution in [1.82, 2.24) is 15.2 Å². The Morgan fingerprint density at radius 3 is 2.53 bits per heavy atom. The van der Waals surface area contributed by atoms with Gasteiger partial charge in [-0.05, 0) is 19.4 Å². The van der Waals surface area contributed by atoms with Gasteiger partial charge in [-0.3, -0.25) is 9.59 Å². The van der Waals surface area contributed by atoms with Gasteiger partial charge in [-0.15, -0.1) is 0 Å². The monoisotopic (exact) mass is 463 g/mol. The van der Waals surface area contributed by atoms with Gasteiger partial charge in [-0.2, -0.15) is 5.26 Å². The van der Waals surface area contributed by atoms with Crippen LogP contribution in [0.2, 0.25) is 0 Å². The van der Waals surface area contributed by atoms with E-state index in [4.69, 9.17) is 14.8 Å². The van der Waals surface area contributed by atoms with Crippen molar-refractivity contribution in [2.45, 2.75) is 32.5 Å². The van der Waals surface area contributed by atoms with E-state index < -0.39 is 17.4 Å². The summed E-state index contributed by atoms with van der Waals surface area (Å²) in [6, 6.07) is 12.3. The molecule has 0 bridgehead atoms. The quantitative estimate of drug-likeness (QED) is 0.655. The number of aromatic nitrogens is 1. The average Bonchev–Trinajstić information content (AvgIpc) is 2.85. The first-order chi connectivity index (χ1) is 16.3. The first kappa shape index (κ1) is 23.7. The highest BCUT2D eigenvalue weighted by molar-refractivity contribution is 6.35. The summed E-state index contributed by atoms with van der Waals surface area (Å²) >= 11 is 0. The number of piperazine rings is 1. The summed E-state index contributed by atoms with van der Waals surface area (Å²) in [6.07, 6.45) is 0.601. The second kappa shape index (κ2) is 9.79. The summed E-state index contributed by atoms with van der Waals surface area (Å²) in [6.45, 7) is 5.82. The van der Waals surface area contributed by atoms with Crippen LogP contribution >= 0.6 is 0 Å². The van der Waals surface area contributed by atoms with Gasteiger partial charge in [0.1, 0.15) is 11.9 Å². The lowest BCUT2D eigenvalue weighted by Crippen LogP contribution is -2.53. The molecule has 9 heteroatoms. The van der Waals surface area contributed by atoms with Crippen molar-refractivity contribution in [2.24, 2.45) is 0 Å². The first-order valence-corrected chi connectivity index (χ1v) is 11.4. The minimum Gasteiger partial charge on any atom is -0.395 e. The number of aliphatic hydroxyl groups is 1. The maximum Gasteiger partial charge on any atom is 0.312 e. The molecule has 34 heavy (non-hydrogen) atoms. The predicted molar refractivity (Wildman–Crippen MR) is 126 cm³/mol. The number of hydrogen-bond acceptors (Lipinski definition) is 7. The molecule has 0 radical (unpaired) electrons. The Balaban J connectivity index is 1.66. The molecule has 9 nitrogen and oxygen atoms in total. The van der Waals surface area contributed by atoms with Gasteiger partial charge in [-0.25, -0.2) is 4.98 Å². The lowest BCUT2D eigenvalue weighted by molar-refractivity contribution is -0.146. The van der Waals surface area contributed by atoms with E-state index in [-0.39, 0.29) is 13.2 Å². The molecule has 1 aromatic heterocycles. The summed E-state index contributed by atoms with van der Waals surface area (Å²) in [7, 11) is 0. The van der Waals surface area contributed by atoms with Gasteiger partial charge in [0.05, 0.1) is 30.1 Å². The summed E-state index contributed by atoms with van der Waals surface area (Å²) in [5.41, 5.74) is 3.83. The number of benzene rings is 1. The Bertz CT molecular complexity index is 1120. The number of nitrogens with zero attached hydrogens (tertiary/aromatic N) is 4. The normalized spacial score (nSPS) is 17.0. The third-order valence-corrected chi connectivity index (χ3v) is 6.22. The van der Waals surface area contributed by atoms with Gasteiger partial charge in [0.15, 0.2) is 0 Å². The second-order valence-corrected chi connectivity index (χ2v) is 9.08. The van der Waals surface area contributed by atoms with Gasteiger partial charge in [0, 0.05) is 50.3 Å². The van der Waals surface area contributed by atoms with Crippen LogP contribution in [-0.2, 0) is 27.4 Å². The molecule has 2 aromatic rings. The van der Waals surface area contributed by atoms with E-state index >= 15 is 0 Å². The highest BCUT2D eigenvalue weighted by Crippen LogP contribution is 2.39. The topological polar surface area (TPSA) is 119 Å². The minimum absolute atomic E-state index is 0.0391. The van der Waals surface area contributed by atoms with Crippen LogP contribution in [0.4, 0.5) is 5.82 Å². The lowest BCUT2D eigenvalue weighted by Gasteiger charge is -2.38. The molecule has 1 fully saturated rings. The SMILES string of the molecule is CC1(C)Cc2c(C#N)c(N3CCN(C(=O)C(=O)NCCO)CC3)nc(-c3ccccc3)c2CO1. The molecule has 0 aliphatic carbocycles. The highest BCUT2D eigenvalue weighted by atomic mass is 16.5. The Morgan fingerprint density at radius 1 is 1.18 bits per heavy atom. The molecule has 2 aliphatic heterocycles. The van der Waals surface area contributed by atoms with Gasteiger partial charge in [0.2, 0.25) is 0 Å². The van der Waals surface area contributed by atoms with Crippen LogP contribution in [0.1, 0.15) is 30.5 Å². The predicted octanol–water partition coefficient (Wildman–Crippen LogP) is 1.23. The van der Waals surface area contributed by atoms with E-state index in [1.54, 1.807) is 0 Å². The summed E-state index contributed by atoms with van der Waals surface area (Å²) in [4.78, 5) is 32.8. The molecule has 4 rings (SSSR count). The van der Waals surface area contributed by atoms with Crippen molar-refractivity contribution < 1.29 is 19.4 Å². The van der Waals surface area contributed by atoms with Crippen molar-refractivity contribution in [3.8, 4) is 17.3 Å². The van der Waals surface area contributed by atoms with E-state index in [9.17, 15) is 14.9 Å². The zero-order valence-electron chi connectivity index (χ0n) is 19.5. The van der Waals surface area contributed by atoms with Gasteiger partial charge >= 0.3 is 11.8 Å². The van der Waals surface area contributed by atoms with E-state index in [0.717, 1.165) is 22.4 Å². The number of hydrogen-bond donors (Lipinski definition) is 2. The Morgan fingerprint density at radius 2 is 1.88 bits per heavy atom. The summed E-state index contributed by atoms with van der Waals surface area (Å²) in [5.74, 6) is -0.730. The number of nitrogens with one attached hydrogen (secondary N) is 1. The first-order valence-electron chi connectivity index (χ1n) is 11.4. The molecule has 1 aromatic carbocycles. The van der Waals surface area contributed by atoms with Crippen molar-refractivity contribution in [3.63, 3.8) is 0 Å². The van der Waals surface area contributed by atoms with Crippen LogP contribution in [0.25, 0.3) is 11.3 Å². The van der Waals surface area contributed by atoms with Crippen LogP contribution in [0.3, 0.4) is 0 Å². The van der Waals surface area contributed by atoms with Crippen molar-refractivity contribution in [1.29, 1.82) is 5.26 Å². The standard InChI is InChI=1S/C25H29N5O4/c1-25(2)14-18-19(15-26)22(28-21(20(18)16-34-25)17-6-4-3-5-7-17)29-9-11-30(12-10-29)24(33)23(32)27-8-13-31/h3-7,31H,8-14,16H2,1-2H3,(H,27,32). The Kier molecular flexibility index (Phi) is 6.82. The number of amides is 2. The lowest BCUT2D eigenvalue weighted by atomic mass is 9.86. The van der Waals surface area contributed by atoms with Crippen LogP contribution in [0.5, 0.6) is 0 Å². The fraction of sp³-hybridized carbons (Fsp3) is 0.440. The fourth-order valence-electron chi connectivity index (χ4n) is 4.44. The molecule has 2 amide bonds. The van der Waals surface area contributed by atoms with E-state index in [1.807, 2.05) is 49.1 Å². The Hall–Kier alpha value is -3.48. The number of carbonyl (C=O) groups is 2. The number of fused-ring (bicyclic) bond motifs is 1. The molecule has 1 saturated heterocycles. The maximum absolute atomic E-state index is 12.4. The molecule has 0 atom stereocenters. The largest absolute Gasteiger partial charge is 0.395 e. The minimum atomic E-state index is -0.722. The Labute approximate surface area is 198 Å². The molecule has 3 heterocycles. The van der Waals surface area contributed by atoms with Gasteiger partial charge < -0.3 is 25.0 Å². The second-order valence-electron chi connectivity index (χ2n) is 9.08. The fourth-order valence-corrected chi connectivity index (χ4v) is 4.44. The van der Waals surface area contributed by atoms with E-state index in [2.05, 4.69) is 11.4 Å². The van der Waals surface area contributed by atoms with Gasteiger partial charge in [0.25, 0.3) is 0 Å². The molecule has 0 unspecified atom stereocenters. The van der Waals surface area contributed by atoms with E-state index in [0.29, 0.717) is 50.6 Å². The number of rotatable bonds is 4. The average molecular weight is 464 g/mol. The highest BCUT2D eigenvalue weighted by Gasteiger charge is 2.34. The smallest absolute Gasteiger partial charge is 0.312 e. The van der Waals surface area contributed by atoms with Crippen LogP contribution < -0.4 is 10.2 Å². The third kappa shape index (κ3) is 4.74. The van der Waals surface area contributed by atoms with Gasteiger partial charge in [-0.1, -0.05) is 30.3 Å². The number of nitriles is 1. The molecule has 0 spiro atoms. The van der Waals surface area contributed by atoms with Crippen molar-refractivity contribution >= 4 is 17.6 Å². The maximum atomic E-state index is 12.4. The number of anilines is 1. The number of pyridine rings is 1. The number of aliphatic hydroxyl groups excluding tert-OH is 1. The van der Waals surface area contributed by atoms with Crippen molar-refractivity contribution in [3.05, 3.63) is 47.0 Å². The zero-order chi connectivity index (χ0) is 24.3. The summed E-state index contributed by atoms with van der Waals surface area (Å²) < 4.78 is 6.07. The zero-order valence-corrected chi connectivity index (χ0v) is 19.5.